The first-order valence-electron chi connectivity index (χ1n) is 3.12. The second-order valence-corrected chi connectivity index (χ2v) is 3.25. The second-order valence-electron chi connectivity index (χ2n) is 2.14. The normalized spacial score (nSPS) is 9.73. The Kier molecular flexibility index (Phi) is 6.65. The average molecular weight is 163 g/mol. The van der Waals surface area contributed by atoms with Crippen molar-refractivity contribution in [2.75, 3.05) is 19.6 Å². The molecule has 0 unspecified atom stereocenters. The van der Waals surface area contributed by atoms with Crippen LogP contribution in [0.5, 0.6) is 0 Å². The number of rotatable bonds is 6. The molecule has 0 bridgehead atoms. The summed E-state index contributed by atoms with van der Waals surface area (Å²) in [6.07, 6.45) is 3.24. The first-order valence-corrected chi connectivity index (χ1v) is 4.12. The van der Waals surface area contributed by atoms with Gasteiger partial charge in [-0.1, -0.05) is 0 Å². The van der Waals surface area contributed by atoms with Crippen LogP contribution in [0.1, 0.15) is 0 Å². The Morgan fingerprint density at radius 2 is 1.73 bits per heavy atom. The van der Waals surface area contributed by atoms with Crippen LogP contribution in [0.25, 0.3) is 0 Å². The van der Waals surface area contributed by atoms with E-state index < -0.39 is 0 Å². The SMILES string of the molecule is O=[C]CN(C[C]=O)C[C](=O)[Na]. The molecule has 0 rings (SSSR count). The van der Waals surface area contributed by atoms with E-state index in [1.165, 1.54) is 4.90 Å². The predicted molar refractivity (Wildman–Crippen MR) is 38.6 cm³/mol. The Labute approximate surface area is 82.3 Å². The minimum atomic E-state index is 0.00319. The molecule has 2 radical (unpaired) electrons. The van der Waals surface area contributed by atoms with E-state index in [4.69, 9.17) is 0 Å². The molecule has 0 N–H and O–H groups in total. The van der Waals surface area contributed by atoms with Crippen molar-refractivity contribution in [1.82, 2.24) is 4.90 Å². The van der Waals surface area contributed by atoms with Gasteiger partial charge in [-0.15, -0.1) is 0 Å². The van der Waals surface area contributed by atoms with E-state index in [9.17, 15) is 14.4 Å². The monoisotopic (exact) mass is 163 g/mol. The van der Waals surface area contributed by atoms with Gasteiger partial charge in [0.15, 0.2) is 0 Å². The first kappa shape index (κ1) is 11.0. The van der Waals surface area contributed by atoms with Gasteiger partial charge >= 0.3 is 82.5 Å². The van der Waals surface area contributed by atoms with Crippen LogP contribution in [-0.2, 0) is 14.4 Å². The van der Waals surface area contributed by atoms with E-state index in [0.717, 1.165) is 0 Å². The van der Waals surface area contributed by atoms with Crippen LogP contribution in [-0.4, -0.2) is 68.1 Å². The Balaban J connectivity index is 3.76. The maximum absolute atomic E-state index is 10.6. The summed E-state index contributed by atoms with van der Waals surface area (Å²) < 4.78 is 0.0514. The molecule has 0 aromatic rings. The number of carbonyl (C=O) groups excluding carboxylic acids is 3. The van der Waals surface area contributed by atoms with Crippen LogP contribution >= 0.6 is 0 Å². The molecule has 5 heteroatoms. The summed E-state index contributed by atoms with van der Waals surface area (Å²) >= 11 is 0.441. The van der Waals surface area contributed by atoms with E-state index in [2.05, 4.69) is 0 Å². The molecular formula is C6H6NNaO3. The summed E-state index contributed by atoms with van der Waals surface area (Å²) in [7, 11) is 0. The predicted octanol–water partition coefficient (Wildman–Crippen LogP) is -1.80. The van der Waals surface area contributed by atoms with E-state index in [1.807, 2.05) is 0 Å². The summed E-state index contributed by atoms with van der Waals surface area (Å²) in [5.41, 5.74) is 0. The van der Waals surface area contributed by atoms with Crippen LogP contribution < -0.4 is 0 Å². The third-order valence-corrected chi connectivity index (χ3v) is 1.34. The van der Waals surface area contributed by atoms with Crippen molar-refractivity contribution >= 4 is 43.5 Å². The van der Waals surface area contributed by atoms with Crippen molar-refractivity contribution in [1.29, 1.82) is 0 Å². The van der Waals surface area contributed by atoms with Crippen LogP contribution in [0.15, 0.2) is 0 Å². The van der Waals surface area contributed by atoms with E-state index >= 15 is 0 Å². The molecule has 0 aromatic heterocycles. The van der Waals surface area contributed by atoms with Gasteiger partial charge in [0.25, 0.3) is 0 Å². The Bertz CT molecular complexity index is 150. The maximum atomic E-state index is 10.6. The molecule has 0 saturated heterocycles. The Hall–Kier alpha value is -0.0300. The fraction of sp³-hybridized carbons (Fsp3) is 0.500. The molecule has 0 amide bonds. The molecule has 0 fully saturated rings. The first-order chi connectivity index (χ1) is 5.20. The summed E-state index contributed by atoms with van der Waals surface area (Å²) in [4.78, 5) is 31.7. The molecule has 0 spiro atoms. The fourth-order valence-corrected chi connectivity index (χ4v) is 1.11. The molecular weight excluding hydrogens is 157 g/mol. The molecule has 0 aliphatic heterocycles. The van der Waals surface area contributed by atoms with E-state index in [1.54, 1.807) is 12.6 Å². The molecule has 0 aliphatic rings. The van der Waals surface area contributed by atoms with Gasteiger partial charge in [0.2, 0.25) is 0 Å². The van der Waals surface area contributed by atoms with Crippen molar-refractivity contribution in [2.24, 2.45) is 0 Å². The molecule has 0 atom stereocenters. The second kappa shape index (κ2) is 6.67. The van der Waals surface area contributed by atoms with Crippen LogP contribution in [0.3, 0.4) is 0 Å². The van der Waals surface area contributed by atoms with Crippen molar-refractivity contribution < 1.29 is 14.4 Å². The van der Waals surface area contributed by atoms with Gasteiger partial charge in [-0.2, -0.15) is 0 Å². The van der Waals surface area contributed by atoms with E-state index in [-0.39, 0.29) is 22.7 Å². The Morgan fingerprint density at radius 3 is 2.00 bits per heavy atom. The van der Waals surface area contributed by atoms with Gasteiger partial charge in [-0.05, 0) is 0 Å². The van der Waals surface area contributed by atoms with Crippen molar-refractivity contribution in [3.8, 4) is 0 Å². The fourth-order valence-electron chi connectivity index (χ4n) is 0.665. The molecule has 0 aromatic carbocycles. The quantitative estimate of drug-likeness (QED) is 0.433. The van der Waals surface area contributed by atoms with Crippen LogP contribution in [0.2, 0.25) is 0 Å². The summed E-state index contributed by atoms with van der Waals surface area (Å²) in [5, 5.41) is 0. The number of hydrogen-bond acceptors (Lipinski definition) is 4. The van der Waals surface area contributed by atoms with Gasteiger partial charge in [-0.25, -0.2) is 0 Å². The molecule has 11 heavy (non-hydrogen) atoms. The summed E-state index contributed by atoms with van der Waals surface area (Å²) in [6, 6.07) is 0. The van der Waals surface area contributed by atoms with E-state index in [0.29, 0.717) is 27.9 Å². The van der Waals surface area contributed by atoms with Gasteiger partial charge in [0, 0.05) is 0 Å². The summed E-state index contributed by atoms with van der Waals surface area (Å²) in [6.45, 7) is 0.170. The van der Waals surface area contributed by atoms with Crippen molar-refractivity contribution in [3.05, 3.63) is 0 Å². The van der Waals surface area contributed by atoms with Gasteiger partial charge in [0.1, 0.15) is 0 Å². The zero-order valence-electron chi connectivity index (χ0n) is 6.29. The Morgan fingerprint density at radius 1 is 1.27 bits per heavy atom. The molecule has 0 saturated carbocycles. The summed E-state index contributed by atoms with van der Waals surface area (Å²) in [5.74, 6) is 0. The zero-order valence-corrected chi connectivity index (χ0v) is 8.29. The van der Waals surface area contributed by atoms with Crippen molar-refractivity contribution in [3.63, 3.8) is 0 Å². The van der Waals surface area contributed by atoms with Crippen LogP contribution in [0.4, 0.5) is 0 Å². The molecule has 0 aliphatic carbocycles. The van der Waals surface area contributed by atoms with Gasteiger partial charge in [-0.3, -0.25) is 0 Å². The van der Waals surface area contributed by atoms with Gasteiger partial charge in [0.05, 0.1) is 0 Å². The standard InChI is InChI=1S/C6H6NO3.Na/c8-4-1-7(2-5-9)3-6-10;/h1-3H2;. The van der Waals surface area contributed by atoms with Crippen LogP contribution in [0, 0.1) is 0 Å². The zero-order chi connectivity index (χ0) is 8.69. The van der Waals surface area contributed by atoms with Crippen molar-refractivity contribution in [2.45, 2.75) is 0 Å². The third kappa shape index (κ3) is 6.37. The number of hydrogen-bond donors (Lipinski definition) is 0. The van der Waals surface area contributed by atoms with Gasteiger partial charge < -0.3 is 0 Å². The number of carbonyl (C=O) groups is 1. The molecule has 4 nitrogen and oxygen atoms in total. The molecule has 54 valence electrons. The minimum absolute atomic E-state index is 0.00319. The molecule has 0 heterocycles. The average Bonchev–Trinajstić information content (AvgIpc) is 1.87. The third-order valence-electron chi connectivity index (χ3n) is 1.02. The number of nitrogens with zero attached hydrogens (tertiary/aromatic N) is 1. The topological polar surface area (TPSA) is 54.5 Å².